The summed E-state index contributed by atoms with van der Waals surface area (Å²) in [6.07, 6.45) is 0. The van der Waals surface area contributed by atoms with Gasteiger partial charge in [0.1, 0.15) is 6.04 Å². The second kappa shape index (κ2) is 7.92. The van der Waals surface area contributed by atoms with Crippen LogP contribution >= 0.6 is 0 Å². The summed E-state index contributed by atoms with van der Waals surface area (Å²) >= 11 is 0. The number of aryl methyl sites for hydroxylation is 2. The molecule has 0 saturated carbocycles. The van der Waals surface area contributed by atoms with Crippen molar-refractivity contribution in [2.75, 3.05) is 26.2 Å². The molecule has 3 rings (SSSR count). The minimum atomic E-state index is -1.26. The number of piperazine rings is 1. The number of nitrogens with zero attached hydrogens (tertiary/aromatic N) is 1. The molecule has 0 aliphatic carbocycles. The van der Waals surface area contributed by atoms with E-state index in [1.165, 1.54) is 33.7 Å². The standard InChI is InChI=1S/C22H26N2O3/c1-15-7-8-20(16(2)13-15)17(3)23-9-11-24(12-10-23)21(25)18-5-4-6-19(14-18)22(26)27/h4-8,13-14,17H,9-12H2,1-3H3,(H,26,27)/t17-/m1/s1. The quantitative estimate of drug-likeness (QED) is 0.869. The fraction of sp³-hybridized carbons (Fsp3) is 0.364. The van der Waals surface area contributed by atoms with Crippen LogP contribution in [0.1, 0.15) is 50.4 Å². The van der Waals surface area contributed by atoms with Crippen molar-refractivity contribution in [3.05, 3.63) is 70.3 Å². The predicted molar refractivity (Wildman–Crippen MR) is 102 cm³/mol. The fourth-order valence-corrected chi connectivity index (χ4v) is 3.92. The monoisotopic (exact) mass is 366 g/mol. The smallest absolute Gasteiger partial charge is 0.254 e. The molecule has 5 nitrogen and oxygen atoms in total. The van der Waals surface area contributed by atoms with E-state index in [0.29, 0.717) is 24.7 Å². The van der Waals surface area contributed by atoms with Gasteiger partial charge in [-0.2, -0.15) is 0 Å². The van der Waals surface area contributed by atoms with Crippen LogP contribution in [0.5, 0.6) is 0 Å². The number of amides is 1. The third-order valence-corrected chi connectivity index (χ3v) is 5.54. The predicted octanol–water partition coefficient (Wildman–Crippen LogP) is 0.769. The van der Waals surface area contributed by atoms with Crippen LogP contribution in [-0.2, 0) is 0 Å². The molecule has 0 spiro atoms. The highest BCUT2D eigenvalue weighted by molar-refractivity contribution is 5.97. The van der Waals surface area contributed by atoms with E-state index in [0.717, 1.165) is 13.1 Å². The van der Waals surface area contributed by atoms with Gasteiger partial charge in [0.05, 0.1) is 32.1 Å². The number of rotatable bonds is 4. The van der Waals surface area contributed by atoms with Crippen molar-refractivity contribution in [1.29, 1.82) is 0 Å². The third-order valence-electron chi connectivity index (χ3n) is 5.54. The van der Waals surface area contributed by atoms with E-state index in [4.69, 9.17) is 0 Å². The largest absolute Gasteiger partial charge is 0.545 e. The number of carboxylic acids is 1. The van der Waals surface area contributed by atoms with Gasteiger partial charge in [-0.1, -0.05) is 35.9 Å². The molecule has 2 aromatic rings. The lowest BCUT2D eigenvalue weighted by Crippen LogP contribution is -3.14. The zero-order valence-electron chi connectivity index (χ0n) is 16.1. The Morgan fingerprint density at radius 1 is 1.04 bits per heavy atom. The van der Waals surface area contributed by atoms with Crippen molar-refractivity contribution in [2.24, 2.45) is 0 Å². The van der Waals surface area contributed by atoms with Crippen LogP contribution in [0.4, 0.5) is 0 Å². The van der Waals surface area contributed by atoms with Gasteiger partial charge in [0.15, 0.2) is 0 Å². The summed E-state index contributed by atoms with van der Waals surface area (Å²) in [5.41, 5.74) is 4.38. The second-order valence-corrected chi connectivity index (χ2v) is 7.40. The van der Waals surface area contributed by atoms with Gasteiger partial charge in [0, 0.05) is 11.1 Å². The van der Waals surface area contributed by atoms with Crippen LogP contribution in [0, 0.1) is 13.8 Å². The maximum atomic E-state index is 12.7. The number of benzene rings is 2. The molecular weight excluding hydrogens is 340 g/mol. The average Bonchev–Trinajstić information content (AvgIpc) is 2.67. The molecule has 0 unspecified atom stereocenters. The first kappa shape index (κ1) is 19.1. The Bertz CT molecular complexity index is 854. The molecule has 1 heterocycles. The fourth-order valence-electron chi connectivity index (χ4n) is 3.92. The second-order valence-electron chi connectivity index (χ2n) is 7.40. The molecule has 1 amide bonds. The van der Waals surface area contributed by atoms with E-state index < -0.39 is 5.97 Å². The number of nitrogens with one attached hydrogen (secondary N) is 1. The van der Waals surface area contributed by atoms with Crippen LogP contribution in [0.3, 0.4) is 0 Å². The van der Waals surface area contributed by atoms with Crippen molar-refractivity contribution < 1.29 is 19.6 Å². The average molecular weight is 366 g/mol. The topological polar surface area (TPSA) is 64.9 Å². The molecule has 5 heteroatoms. The molecule has 1 aliphatic heterocycles. The molecule has 27 heavy (non-hydrogen) atoms. The highest BCUT2D eigenvalue weighted by Gasteiger charge is 2.29. The van der Waals surface area contributed by atoms with Gasteiger partial charge in [-0.3, -0.25) is 4.79 Å². The lowest BCUT2D eigenvalue weighted by atomic mass is 9.98. The Morgan fingerprint density at radius 3 is 2.33 bits per heavy atom. The summed E-state index contributed by atoms with van der Waals surface area (Å²) in [5.74, 6) is -1.38. The maximum absolute atomic E-state index is 12.7. The first-order chi connectivity index (χ1) is 12.9. The number of carboxylic acid groups (broad SMARTS) is 1. The van der Waals surface area contributed by atoms with Gasteiger partial charge in [0.25, 0.3) is 5.91 Å². The molecule has 0 radical (unpaired) electrons. The maximum Gasteiger partial charge on any atom is 0.254 e. The zero-order chi connectivity index (χ0) is 19.6. The summed E-state index contributed by atoms with van der Waals surface area (Å²) in [6, 6.07) is 13.1. The molecule has 1 aliphatic rings. The number of carbonyl (C=O) groups is 2. The van der Waals surface area contributed by atoms with Crippen LogP contribution in [0.15, 0.2) is 42.5 Å². The number of carbonyl (C=O) groups excluding carboxylic acids is 2. The molecule has 142 valence electrons. The molecule has 0 aromatic heterocycles. The van der Waals surface area contributed by atoms with Gasteiger partial charge in [0.2, 0.25) is 0 Å². The number of hydrogen-bond acceptors (Lipinski definition) is 3. The van der Waals surface area contributed by atoms with E-state index in [9.17, 15) is 14.7 Å². The minimum Gasteiger partial charge on any atom is -0.545 e. The minimum absolute atomic E-state index is 0.0357. The van der Waals surface area contributed by atoms with Crippen LogP contribution in [0.25, 0.3) is 0 Å². The number of aromatic carboxylic acids is 1. The van der Waals surface area contributed by atoms with E-state index >= 15 is 0 Å². The van der Waals surface area contributed by atoms with Gasteiger partial charge in [-0.15, -0.1) is 0 Å². The Balaban J connectivity index is 1.65. The summed E-state index contributed by atoms with van der Waals surface area (Å²) in [4.78, 5) is 27.0. The summed E-state index contributed by atoms with van der Waals surface area (Å²) in [5, 5.41) is 11.0. The van der Waals surface area contributed by atoms with Crippen LogP contribution in [0.2, 0.25) is 0 Å². The van der Waals surface area contributed by atoms with Crippen molar-refractivity contribution in [3.8, 4) is 0 Å². The SMILES string of the molecule is Cc1ccc([C@@H](C)[NH+]2CCN(C(=O)c3cccc(C(=O)[O-])c3)CC2)c(C)c1. The van der Waals surface area contributed by atoms with Gasteiger partial charge in [-0.05, 0) is 44.0 Å². The van der Waals surface area contributed by atoms with E-state index in [-0.39, 0.29) is 11.5 Å². The Hall–Kier alpha value is -2.66. The summed E-state index contributed by atoms with van der Waals surface area (Å²) in [7, 11) is 0. The first-order valence-electron chi connectivity index (χ1n) is 9.39. The van der Waals surface area contributed by atoms with Crippen LogP contribution < -0.4 is 10.0 Å². The zero-order valence-corrected chi connectivity index (χ0v) is 16.1. The first-order valence-corrected chi connectivity index (χ1v) is 9.39. The number of quaternary nitrogens is 1. The van der Waals surface area contributed by atoms with Gasteiger partial charge in [-0.25, -0.2) is 0 Å². The van der Waals surface area contributed by atoms with Crippen molar-refractivity contribution in [2.45, 2.75) is 26.8 Å². The highest BCUT2D eigenvalue weighted by atomic mass is 16.4. The molecule has 1 N–H and O–H groups in total. The van der Waals surface area contributed by atoms with Crippen molar-refractivity contribution in [1.82, 2.24) is 4.90 Å². The third kappa shape index (κ3) is 4.19. The Morgan fingerprint density at radius 2 is 1.70 bits per heavy atom. The molecule has 1 fully saturated rings. The Kier molecular flexibility index (Phi) is 5.61. The molecule has 0 bridgehead atoms. The van der Waals surface area contributed by atoms with E-state index in [1.54, 1.807) is 12.1 Å². The Labute approximate surface area is 160 Å². The van der Waals surface area contributed by atoms with Crippen LogP contribution in [-0.4, -0.2) is 43.0 Å². The van der Waals surface area contributed by atoms with Crippen molar-refractivity contribution in [3.63, 3.8) is 0 Å². The molecular formula is C22H26N2O3. The molecule has 2 aromatic carbocycles. The van der Waals surface area contributed by atoms with Gasteiger partial charge < -0.3 is 19.7 Å². The van der Waals surface area contributed by atoms with Crippen molar-refractivity contribution >= 4 is 11.9 Å². The van der Waals surface area contributed by atoms with E-state index in [1.807, 2.05) is 4.90 Å². The lowest BCUT2D eigenvalue weighted by Gasteiger charge is -2.36. The molecule has 1 saturated heterocycles. The molecule has 1 atom stereocenters. The van der Waals surface area contributed by atoms with Gasteiger partial charge >= 0.3 is 0 Å². The summed E-state index contributed by atoms with van der Waals surface area (Å²) in [6.45, 7) is 9.59. The summed E-state index contributed by atoms with van der Waals surface area (Å²) < 4.78 is 0. The lowest BCUT2D eigenvalue weighted by molar-refractivity contribution is -0.933. The van der Waals surface area contributed by atoms with E-state index in [2.05, 4.69) is 39.0 Å². The normalized spacial score (nSPS) is 16.2. The highest BCUT2D eigenvalue weighted by Crippen LogP contribution is 2.17. The number of hydrogen-bond donors (Lipinski definition) is 1.